The van der Waals surface area contributed by atoms with Crippen molar-refractivity contribution in [2.24, 2.45) is 4.99 Å². The number of benzene rings is 2. The van der Waals surface area contributed by atoms with Gasteiger partial charge in [-0.05, 0) is 24.3 Å². The van der Waals surface area contributed by atoms with Gasteiger partial charge >= 0.3 is 0 Å². The van der Waals surface area contributed by atoms with E-state index >= 15 is 0 Å². The van der Waals surface area contributed by atoms with E-state index in [4.69, 9.17) is 9.26 Å². The molecule has 6 nitrogen and oxygen atoms in total. The molecule has 2 heterocycles. The number of methoxy groups -OCH3 is 1. The molecule has 0 aliphatic carbocycles. The Morgan fingerprint density at radius 2 is 1.88 bits per heavy atom. The standard InChI is InChI=1S/C18H16N4O2/c1-23-15-4-2-3-14(11-15)17-21-18(24-22-17)13-7-5-12(6-8-13)16-19-9-10-20-16/h2-8,11H,9-10H2,1H3,(H,19,20). The summed E-state index contributed by atoms with van der Waals surface area (Å²) in [6, 6.07) is 15.5. The molecule has 120 valence electrons. The minimum absolute atomic E-state index is 0.487. The topological polar surface area (TPSA) is 72.5 Å². The van der Waals surface area contributed by atoms with Crippen molar-refractivity contribution < 1.29 is 9.26 Å². The molecular formula is C18H16N4O2. The summed E-state index contributed by atoms with van der Waals surface area (Å²) in [7, 11) is 1.63. The Balaban J connectivity index is 1.60. The zero-order valence-electron chi connectivity index (χ0n) is 13.2. The van der Waals surface area contributed by atoms with Crippen LogP contribution >= 0.6 is 0 Å². The number of rotatable bonds is 4. The van der Waals surface area contributed by atoms with E-state index in [9.17, 15) is 0 Å². The van der Waals surface area contributed by atoms with Crippen LogP contribution < -0.4 is 10.1 Å². The van der Waals surface area contributed by atoms with E-state index in [0.29, 0.717) is 11.7 Å². The summed E-state index contributed by atoms with van der Waals surface area (Å²) in [5.41, 5.74) is 2.79. The summed E-state index contributed by atoms with van der Waals surface area (Å²) in [4.78, 5) is 8.88. The van der Waals surface area contributed by atoms with Crippen LogP contribution in [0.1, 0.15) is 5.56 Å². The number of nitrogens with one attached hydrogen (secondary N) is 1. The largest absolute Gasteiger partial charge is 0.497 e. The van der Waals surface area contributed by atoms with Crippen LogP contribution in [0.4, 0.5) is 0 Å². The predicted octanol–water partition coefficient (Wildman–Crippen LogP) is 2.76. The van der Waals surface area contributed by atoms with Gasteiger partial charge in [0.25, 0.3) is 5.89 Å². The van der Waals surface area contributed by atoms with Crippen LogP contribution in [-0.4, -0.2) is 36.2 Å². The van der Waals surface area contributed by atoms with Crippen LogP contribution in [0, 0.1) is 0 Å². The number of ether oxygens (including phenoxy) is 1. The third-order valence-corrected chi connectivity index (χ3v) is 3.83. The number of amidine groups is 1. The second-order valence-corrected chi connectivity index (χ2v) is 5.39. The van der Waals surface area contributed by atoms with E-state index < -0.39 is 0 Å². The van der Waals surface area contributed by atoms with Crippen molar-refractivity contribution >= 4 is 5.84 Å². The fourth-order valence-electron chi connectivity index (χ4n) is 2.58. The van der Waals surface area contributed by atoms with Crippen LogP contribution in [-0.2, 0) is 0 Å². The number of aromatic nitrogens is 2. The molecule has 0 bridgehead atoms. The molecular weight excluding hydrogens is 304 g/mol. The molecule has 1 aliphatic heterocycles. The molecule has 6 heteroatoms. The monoisotopic (exact) mass is 320 g/mol. The first kappa shape index (κ1) is 14.4. The molecule has 0 radical (unpaired) electrons. The zero-order valence-corrected chi connectivity index (χ0v) is 13.2. The number of hydrogen-bond donors (Lipinski definition) is 1. The minimum Gasteiger partial charge on any atom is -0.497 e. The number of nitrogens with zero attached hydrogens (tertiary/aromatic N) is 3. The van der Waals surface area contributed by atoms with Gasteiger partial charge in [0.15, 0.2) is 0 Å². The Hall–Kier alpha value is -3.15. The molecule has 1 aliphatic rings. The fraction of sp³-hybridized carbons (Fsp3) is 0.167. The Morgan fingerprint density at radius 1 is 1.04 bits per heavy atom. The molecule has 4 rings (SSSR count). The molecule has 1 aromatic heterocycles. The van der Waals surface area contributed by atoms with E-state index in [1.54, 1.807) is 7.11 Å². The van der Waals surface area contributed by atoms with Crippen molar-refractivity contribution in [3.05, 3.63) is 54.1 Å². The van der Waals surface area contributed by atoms with E-state index in [1.807, 2.05) is 48.5 Å². The van der Waals surface area contributed by atoms with Crippen LogP contribution in [0.3, 0.4) is 0 Å². The summed E-state index contributed by atoms with van der Waals surface area (Å²) < 4.78 is 10.6. The summed E-state index contributed by atoms with van der Waals surface area (Å²) >= 11 is 0. The van der Waals surface area contributed by atoms with Crippen molar-refractivity contribution in [1.82, 2.24) is 15.5 Å². The SMILES string of the molecule is COc1cccc(-c2noc(-c3ccc(C4=NCCN4)cc3)n2)c1. The maximum absolute atomic E-state index is 5.40. The predicted molar refractivity (Wildman–Crippen MR) is 91.1 cm³/mol. The van der Waals surface area contributed by atoms with Gasteiger partial charge in [-0.3, -0.25) is 4.99 Å². The molecule has 0 saturated heterocycles. The van der Waals surface area contributed by atoms with Crippen molar-refractivity contribution in [1.29, 1.82) is 0 Å². The van der Waals surface area contributed by atoms with Crippen LogP contribution in [0.25, 0.3) is 22.8 Å². The maximum Gasteiger partial charge on any atom is 0.258 e. The Labute approximate surface area is 139 Å². The van der Waals surface area contributed by atoms with Crippen LogP contribution in [0.2, 0.25) is 0 Å². The summed E-state index contributed by atoms with van der Waals surface area (Å²) in [5.74, 6) is 2.72. The van der Waals surface area contributed by atoms with Gasteiger partial charge in [0.05, 0.1) is 13.7 Å². The first-order chi connectivity index (χ1) is 11.8. The first-order valence-corrected chi connectivity index (χ1v) is 7.71. The minimum atomic E-state index is 0.487. The van der Waals surface area contributed by atoms with Gasteiger partial charge in [0, 0.05) is 23.2 Å². The van der Waals surface area contributed by atoms with Gasteiger partial charge in [-0.15, -0.1) is 0 Å². The fourth-order valence-corrected chi connectivity index (χ4v) is 2.58. The van der Waals surface area contributed by atoms with E-state index in [0.717, 1.165) is 41.4 Å². The Morgan fingerprint density at radius 3 is 2.62 bits per heavy atom. The van der Waals surface area contributed by atoms with Gasteiger partial charge in [0.2, 0.25) is 5.82 Å². The second-order valence-electron chi connectivity index (χ2n) is 5.39. The molecule has 0 saturated carbocycles. The highest BCUT2D eigenvalue weighted by molar-refractivity contribution is 6.00. The maximum atomic E-state index is 5.40. The lowest BCUT2D eigenvalue weighted by Crippen LogP contribution is -2.19. The normalized spacial score (nSPS) is 13.5. The van der Waals surface area contributed by atoms with Crippen molar-refractivity contribution in [3.63, 3.8) is 0 Å². The van der Waals surface area contributed by atoms with Gasteiger partial charge in [-0.25, -0.2) is 0 Å². The second kappa shape index (κ2) is 6.16. The van der Waals surface area contributed by atoms with Crippen LogP contribution in [0.15, 0.2) is 58.0 Å². The van der Waals surface area contributed by atoms with Crippen molar-refractivity contribution in [2.75, 3.05) is 20.2 Å². The molecule has 0 atom stereocenters. The highest BCUT2D eigenvalue weighted by atomic mass is 16.5. The highest BCUT2D eigenvalue weighted by Gasteiger charge is 2.13. The van der Waals surface area contributed by atoms with E-state index in [1.165, 1.54) is 0 Å². The summed E-state index contributed by atoms with van der Waals surface area (Å²) in [6.07, 6.45) is 0. The molecule has 1 N–H and O–H groups in total. The molecule has 2 aromatic carbocycles. The van der Waals surface area contributed by atoms with E-state index in [-0.39, 0.29) is 0 Å². The molecule has 3 aromatic rings. The Bertz CT molecular complexity index is 884. The Kier molecular flexibility index (Phi) is 3.70. The third-order valence-electron chi connectivity index (χ3n) is 3.83. The van der Waals surface area contributed by atoms with Gasteiger partial charge in [-0.2, -0.15) is 4.98 Å². The van der Waals surface area contributed by atoms with E-state index in [2.05, 4.69) is 20.4 Å². The summed E-state index contributed by atoms with van der Waals surface area (Å²) in [6.45, 7) is 1.72. The van der Waals surface area contributed by atoms with Gasteiger partial charge < -0.3 is 14.6 Å². The summed E-state index contributed by atoms with van der Waals surface area (Å²) in [5, 5.41) is 7.32. The highest BCUT2D eigenvalue weighted by Crippen LogP contribution is 2.25. The lowest BCUT2D eigenvalue weighted by molar-refractivity contribution is 0.414. The number of hydrogen-bond acceptors (Lipinski definition) is 6. The zero-order chi connectivity index (χ0) is 16.4. The first-order valence-electron chi connectivity index (χ1n) is 7.71. The quantitative estimate of drug-likeness (QED) is 0.800. The lowest BCUT2D eigenvalue weighted by Gasteiger charge is -2.02. The molecule has 0 spiro atoms. The lowest BCUT2D eigenvalue weighted by atomic mass is 10.1. The molecule has 0 unspecified atom stereocenters. The molecule has 0 amide bonds. The van der Waals surface area contributed by atoms with Crippen molar-refractivity contribution in [3.8, 4) is 28.6 Å². The van der Waals surface area contributed by atoms with Crippen LogP contribution in [0.5, 0.6) is 5.75 Å². The molecule has 0 fully saturated rings. The average molecular weight is 320 g/mol. The third kappa shape index (κ3) is 2.74. The van der Waals surface area contributed by atoms with Gasteiger partial charge in [0.1, 0.15) is 11.6 Å². The van der Waals surface area contributed by atoms with Gasteiger partial charge in [-0.1, -0.05) is 29.4 Å². The average Bonchev–Trinajstić information content (AvgIpc) is 3.34. The smallest absolute Gasteiger partial charge is 0.258 e. The van der Waals surface area contributed by atoms with Crippen molar-refractivity contribution in [2.45, 2.75) is 0 Å². The number of aliphatic imine (C=N–C) groups is 1. The molecule has 24 heavy (non-hydrogen) atoms.